The molecule has 1 rings (SSSR count). The Hall–Kier alpha value is -0.930. The van der Waals surface area contributed by atoms with Crippen molar-refractivity contribution in [2.24, 2.45) is 5.92 Å². The summed E-state index contributed by atoms with van der Waals surface area (Å²) < 4.78 is 0. The van der Waals surface area contributed by atoms with E-state index in [1.807, 2.05) is 33.0 Å². The van der Waals surface area contributed by atoms with Gasteiger partial charge in [-0.3, -0.25) is 4.98 Å². The van der Waals surface area contributed by atoms with E-state index in [0.717, 1.165) is 25.2 Å². The molecular weight excluding hydrogens is 200 g/mol. The van der Waals surface area contributed by atoms with E-state index >= 15 is 0 Å². The van der Waals surface area contributed by atoms with E-state index in [9.17, 15) is 5.11 Å². The number of pyridine rings is 1. The van der Waals surface area contributed by atoms with Crippen LogP contribution in [0.3, 0.4) is 0 Å². The van der Waals surface area contributed by atoms with Crippen LogP contribution in [0.25, 0.3) is 0 Å². The summed E-state index contributed by atoms with van der Waals surface area (Å²) in [4.78, 5) is 4.31. The number of aliphatic hydroxyl groups is 1. The molecular formula is C13H22N2O. The lowest BCUT2D eigenvalue weighted by molar-refractivity contribution is 0.116. The molecule has 0 spiro atoms. The smallest absolute Gasteiger partial charge is 0.0575 e. The lowest BCUT2D eigenvalue weighted by Gasteiger charge is -2.14. The van der Waals surface area contributed by atoms with Gasteiger partial charge in [0, 0.05) is 12.7 Å². The molecule has 0 aliphatic heterocycles. The molecule has 0 bridgehead atoms. The number of nitrogens with one attached hydrogen (secondary N) is 1. The van der Waals surface area contributed by atoms with Gasteiger partial charge in [0.1, 0.15) is 0 Å². The number of rotatable bonds is 6. The van der Waals surface area contributed by atoms with Crippen molar-refractivity contribution in [3.8, 4) is 0 Å². The van der Waals surface area contributed by atoms with Crippen LogP contribution < -0.4 is 5.32 Å². The summed E-state index contributed by atoms with van der Waals surface area (Å²) in [5, 5.41) is 12.9. The molecule has 3 nitrogen and oxygen atoms in total. The van der Waals surface area contributed by atoms with Crippen LogP contribution in [0, 0.1) is 12.8 Å². The molecule has 0 saturated carbocycles. The summed E-state index contributed by atoms with van der Waals surface area (Å²) in [6.07, 6.45) is 2.46. The number of hydrogen-bond acceptors (Lipinski definition) is 3. The number of nitrogens with zero attached hydrogens (tertiary/aromatic N) is 1. The zero-order valence-electron chi connectivity index (χ0n) is 10.4. The van der Waals surface area contributed by atoms with Crippen LogP contribution in [0.4, 0.5) is 0 Å². The van der Waals surface area contributed by atoms with Crippen molar-refractivity contribution in [2.75, 3.05) is 6.54 Å². The normalized spacial score (nSPS) is 13.1. The van der Waals surface area contributed by atoms with Gasteiger partial charge in [-0.05, 0) is 37.4 Å². The predicted molar refractivity (Wildman–Crippen MR) is 66.1 cm³/mol. The van der Waals surface area contributed by atoms with Gasteiger partial charge in [0.05, 0.1) is 11.8 Å². The molecule has 90 valence electrons. The van der Waals surface area contributed by atoms with Gasteiger partial charge in [-0.2, -0.15) is 0 Å². The fourth-order valence-corrected chi connectivity index (χ4v) is 1.40. The van der Waals surface area contributed by atoms with Crippen LogP contribution in [-0.4, -0.2) is 22.7 Å². The minimum Gasteiger partial charge on any atom is -0.393 e. The summed E-state index contributed by atoms with van der Waals surface area (Å²) in [6, 6.07) is 4.09. The second-order valence-corrected chi connectivity index (χ2v) is 4.60. The van der Waals surface area contributed by atoms with Gasteiger partial charge >= 0.3 is 0 Å². The summed E-state index contributed by atoms with van der Waals surface area (Å²) in [6.45, 7) is 7.70. The van der Waals surface area contributed by atoms with Gasteiger partial charge in [-0.15, -0.1) is 0 Å². The Morgan fingerprint density at radius 3 is 2.69 bits per heavy atom. The zero-order valence-corrected chi connectivity index (χ0v) is 10.4. The van der Waals surface area contributed by atoms with Gasteiger partial charge in [0.2, 0.25) is 0 Å². The van der Waals surface area contributed by atoms with Crippen LogP contribution in [0.1, 0.15) is 31.5 Å². The zero-order chi connectivity index (χ0) is 12.0. The second-order valence-electron chi connectivity index (χ2n) is 4.60. The average molecular weight is 222 g/mol. The second kappa shape index (κ2) is 6.61. The monoisotopic (exact) mass is 222 g/mol. The van der Waals surface area contributed by atoms with Gasteiger partial charge < -0.3 is 10.4 Å². The SMILES string of the molecule is Cc1ccc(CNCCC(O)C(C)C)nc1. The Balaban J connectivity index is 2.18. The van der Waals surface area contributed by atoms with Crippen molar-refractivity contribution in [3.63, 3.8) is 0 Å². The van der Waals surface area contributed by atoms with E-state index in [-0.39, 0.29) is 6.10 Å². The summed E-state index contributed by atoms with van der Waals surface area (Å²) in [5.74, 6) is 0.333. The fraction of sp³-hybridized carbons (Fsp3) is 0.615. The Kier molecular flexibility index (Phi) is 5.43. The molecule has 3 heteroatoms. The molecule has 1 aromatic heterocycles. The molecule has 0 aliphatic rings. The van der Waals surface area contributed by atoms with Gasteiger partial charge in [-0.25, -0.2) is 0 Å². The number of aromatic nitrogens is 1. The van der Waals surface area contributed by atoms with Gasteiger partial charge in [0.15, 0.2) is 0 Å². The highest BCUT2D eigenvalue weighted by molar-refractivity contribution is 5.11. The van der Waals surface area contributed by atoms with Crippen LogP contribution >= 0.6 is 0 Å². The molecule has 0 aliphatic carbocycles. The number of aliphatic hydroxyl groups excluding tert-OH is 1. The molecule has 1 heterocycles. The van der Waals surface area contributed by atoms with Crippen molar-refractivity contribution < 1.29 is 5.11 Å². The molecule has 1 aromatic rings. The summed E-state index contributed by atoms with van der Waals surface area (Å²) in [5.41, 5.74) is 2.23. The van der Waals surface area contributed by atoms with Crippen LogP contribution in [0.5, 0.6) is 0 Å². The molecule has 0 amide bonds. The highest BCUT2D eigenvalue weighted by atomic mass is 16.3. The third-order valence-corrected chi connectivity index (χ3v) is 2.67. The van der Waals surface area contributed by atoms with E-state index in [1.165, 1.54) is 5.56 Å². The summed E-state index contributed by atoms with van der Waals surface area (Å²) >= 11 is 0. The topological polar surface area (TPSA) is 45.1 Å². The third-order valence-electron chi connectivity index (χ3n) is 2.67. The lowest BCUT2D eigenvalue weighted by Crippen LogP contribution is -2.23. The van der Waals surface area contributed by atoms with Crippen LogP contribution in [0.15, 0.2) is 18.3 Å². The maximum Gasteiger partial charge on any atom is 0.0575 e. The van der Waals surface area contributed by atoms with E-state index in [2.05, 4.69) is 16.4 Å². The molecule has 0 saturated heterocycles. The van der Waals surface area contributed by atoms with E-state index in [1.54, 1.807) is 0 Å². The quantitative estimate of drug-likeness (QED) is 0.722. The highest BCUT2D eigenvalue weighted by Crippen LogP contribution is 2.04. The molecule has 0 radical (unpaired) electrons. The molecule has 1 unspecified atom stereocenters. The Labute approximate surface area is 97.9 Å². The Morgan fingerprint density at radius 2 is 2.12 bits per heavy atom. The Morgan fingerprint density at radius 1 is 1.38 bits per heavy atom. The molecule has 0 aromatic carbocycles. The first-order valence-electron chi connectivity index (χ1n) is 5.90. The van der Waals surface area contributed by atoms with Crippen molar-refractivity contribution in [1.29, 1.82) is 0 Å². The maximum atomic E-state index is 9.60. The van der Waals surface area contributed by atoms with E-state index in [4.69, 9.17) is 0 Å². The molecule has 2 N–H and O–H groups in total. The van der Waals surface area contributed by atoms with E-state index < -0.39 is 0 Å². The lowest BCUT2D eigenvalue weighted by atomic mass is 10.0. The first-order chi connectivity index (χ1) is 7.59. The minimum absolute atomic E-state index is 0.210. The number of hydrogen-bond donors (Lipinski definition) is 2. The third kappa shape index (κ3) is 4.73. The van der Waals surface area contributed by atoms with Crippen LogP contribution in [-0.2, 0) is 6.54 Å². The van der Waals surface area contributed by atoms with Crippen molar-refractivity contribution in [1.82, 2.24) is 10.3 Å². The van der Waals surface area contributed by atoms with E-state index in [0.29, 0.717) is 5.92 Å². The largest absolute Gasteiger partial charge is 0.393 e. The molecule has 0 fully saturated rings. The van der Waals surface area contributed by atoms with Crippen molar-refractivity contribution in [3.05, 3.63) is 29.6 Å². The molecule has 16 heavy (non-hydrogen) atoms. The standard InChI is InChI=1S/C13H22N2O/c1-10(2)13(16)6-7-14-9-12-5-4-11(3)8-15-12/h4-5,8,10,13-14,16H,6-7,9H2,1-3H3. The van der Waals surface area contributed by atoms with Crippen molar-refractivity contribution >= 4 is 0 Å². The predicted octanol–water partition coefficient (Wildman–Crippen LogP) is 1.89. The van der Waals surface area contributed by atoms with Crippen molar-refractivity contribution in [2.45, 2.75) is 39.8 Å². The first-order valence-corrected chi connectivity index (χ1v) is 5.90. The van der Waals surface area contributed by atoms with Crippen LogP contribution in [0.2, 0.25) is 0 Å². The van der Waals surface area contributed by atoms with Gasteiger partial charge in [0.25, 0.3) is 0 Å². The first kappa shape index (κ1) is 13.1. The average Bonchev–Trinajstić information content (AvgIpc) is 2.26. The Bertz CT molecular complexity index is 295. The maximum absolute atomic E-state index is 9.60. The minimum atomic E-state index is -0.210. The number of aryl methyl sites for hydroxylation is 1. The van der Waals surface area contributed by atoms with Gasteiger partial charge in [-0.1, -0.05) is 19.9 Å². The summed E-state index contributed by atoms with van der Waals surface area (Å²) in [7, 11) is 0. The fourth-order valence-electron chi connectivity index (χ4n) is 1.40. The highest BCUT2D eigenvalue weighted by Gasteiger charge is 2.07. The molecule has 1 atom stereocenters.